The van der Waals surface area contributed by atoms with Gasteiger partial charge in [-0.2, -0.15) is 0 Å². The number of halogens is 2. The van der Waals surface area contributed by atoms with Gasteiger partial charge in [-0.3, -0.25) is 9.59 Å². The average molecular weight is 437 g/mol. The van der Waals surface area contributed by atoms with Crippen LogP contribution in [0.5, 0.6) is 0 Å². The molecule has 0 fully saturated rings. The van der Waals surface area contributed by atoms with E-state index in [9.17, 15) is 18.4 Å². The van der Waals surface area contributed by atoms with Crippen LogP contribution in [0.25, 0.3) is 0 Å². The summed E-state index contributed by atoms with van der Waals surface area (Å²) in [6.07, 6.45) is 2.57. The van der Waals surface area contributed by atoms with Crippen molar-refractivity contribution in [3.63, 3.8) is 0 Å². The largest absolute Gasteiger partial charge is 0.348 e. The monoisotopic (exact) mass is 437 g/mol. The number of hydrogen-bond donors (Lipinski definition) is 0. The molecule has 2 amide bonds. The molecule has 1 unspecified atom stereocenters. The fraction of sp³-hybridized carbons (Fsp3) is 0.280. The molecule has 4 rings (SSSR count). The van der Waals surface area contributed by atoms with Gasteiger partial charge in [0.1, 0.15) is 18.2 Å². The fourth-order valence-electron chi connectivity index (χ4n) is 4.26. The molecule has 32 heavy (non-hydrogen) atoms. The smallest absolute Gasteiger partial charge is 0.257 e. The van der Waals surface area contributed by atoms with Gasteiger partial charge in [-0.05, 0) is 48.4 Å². The van der Waals surface area contributed by atoms with Crippen molar-refractivity contribution in [3.05, 3.63) is 95.3 Å². The number of fused-ring (bicyclic) bond motifs is 1. The number of carbonyl (C=O) groups excluding carboxylic acids is 2. The minimum atomic E-state index is -0.612. The van der Waals surface area contributed by atoms with E-state index >= 15 is 0 Å². The third-order valence-corrected chi connectivity index (χ3v) is 5.73. The van der Waals surface area contributed by atoms with E-state index in [2.05, 4.69) is 0 Å². The summed E-state index contributed by atoms with van der Waals surface area (Å²) in [6, 6.07) is 15.4. The van der Waals surface area contributed by atoms with Gasteiger partial charge in [-0.25, -0.2) is 8.78 Å². The van der Waals surface area contributed by atoms with E-state index in [1.165, 1.54) is 35.2 Å². The van der Waals surface area contributed by atoms with Crippen LogP contribution in [0.15, 0.2) is 66.9 Å². The van der Waals surface area contributed by atoms with Gasteiger partial charge in [0.2, 0.25) is 5.91 Å². The first-order valence-corrected chi connectivity index (χ1v) is 10.7. The fourth-order valence-corrected chi connectivity index (χ4v) is 4.26. The van der Waals surface area contributed by atoms with Crippen LogP contribution in [0.1, 0.15) is 41.0 Å². The van der Waals surface area contributed by atoms with E-state index in [1.807, 2.05) is 29.8 Å². The molecule has 1 aliphatic rings. The van der Waals surface area contributed by atoms with Gasteiger partial charge < -0.3 is 14.4 Å². The number of amides is 2. The molecule has 0 saturated carbocycles. The first kappa shape index (κ1) is 21.7. The van der Waals surface area contributed by atoms with Gasteiger partial charge in [0.15, 0.2) is 0 Å². The highest BCUT2D eigenvalue weighted by Gasteiger charge is 2.33. The summed E-state index contributed by atoms with van der Waals surface area (Å²) in [6.45, 7) is 3.08. The molecule has 0 radical (unpaired) electrons. The molecule has 0 aliphatic carbocycles. The van der Waals surface area contributed by atoms with Crippen LogP contribution in [0, 0.1) is 11.6 Å². The zero-order valence-corrected chi connectivity index (χ0v) is 17.9. The lowest BCUT2D eigenvalue weighted by molar-refractivity contribution is -0.134. The molecule has 166 valence electrons. The Bertz CT molecular complexity index is 1130. The Morgan fingerprint density at radius 3 is 2.59 bits per heavy atom. The van der Waals surface area contributed by atoms with Gasteiger partial charge in [0, 0.05) is 31.5 Å². The van der Waals surface area contributed by atoms with Gasteiger partial charge >= 0.3 is 0 Å². The second kappa shape index (κ2) is 9.34. The summed E-state index contributed by atoms with van der Waals surface area (Å²) >= 11 is 0. The Balaban J connectivity index is 1.63. The summed E-state index contributed by atoms with van der Waals surface area (Å²) in [4.78, 5) is 29.5. The second-order valence-corrected chi connectivity index (χ2v) is 7.88. The molecule has 0 bridgehead atoms. The normalized spacial score (nSPS) is 15.3. The summed E-state index contributed by atoms with van der Waals surface area (Å²) in [7, 11) is 0. The van der Waals surface area contributed by atoms with Crippen molar-refractivity contribution in [2.45, 2.75) is 25.9 Å². The van der Waals surface area contributed by atoms with Crippen LogP contribution in [0.2, 0.25) is 0 Å². The van der Waals surface area contributed by atoms with E-state index in [0.29, 0.717) is 31.6 Å². The predicted octanol–water partition coefficient (Wildman–Crippen LogP) is 4.25. The summed E-state index contributed by atoms with van der Waals surface area (Å²) in [5, 5.41) is 0. The third-order valence-electron chi connectivity index (χ3n) is 5.73. The van der Waals surface area contributed by atoms with Crippen molar-refractivity contribution in [2.75, 3.05) is 19.6 Å². The first-order chi connectivity index (χ1) is 15.5. The van der Waals surface area contributed by atoms with Crippen molar-refractivity contribution in [3.8, 4) is 0 Å². The van der Waals surface area contributed by atoms with Crippen LogP contribution in [0.3, 0.4) is 0 Å². The number of carbonyl (C=O) groups is 2. The zero-order valence-electron chi connectivity index (χ0n) is 17.9. The minimum absolute atomic E-state index is 0.0528. The maximum atomic E-state index is 14.2. The molecule has 0 N–H and O–H groups in total. The summed E-state index contributed by atoms with van der Waals surface area (Å²) < 4.78 is 30.2. The summed E-state index contributed by atoms with van der Waals surface area (Å²) in [5.41, 5.74) is 1.50. The highest BCUT2D eigenvalue weighted by Crippen LogP contribution is 2.33. The standard InChI is InChI=1S/C25H25F2N3O2/c1-2-12-29(25(32)20-9-3-4-10-21(20)27)17-23(31)30-15-14-28-13-6-11-22(28)24(30)18-7-5-8-19(26)16-18/h3-11,13,16,24H,2,12,14-15,17H2,1H3. The maximum absolute atomic E-state index is 14.2. The van der Waals surface area contributed by atoms with E-state index in [0.717, 1.165) is 5.69 Å². The number of hydrogen-bond acceptors (Lipinski definition) is 2. The molecule has 0 spiro atoms. The zero-order chi connectivity index (χ0) is 22.7. The quantitative estimate of drug-likeness (QED) is 0.579. The Hall–Kier alpha value is -3.48. The highest BCUT2D eigenvalue weighted by molar-refractivity contribution is 5.96. The Morgan fingerprint density at radius 1 is 1.03 bits per heavy atom. The number of rotatable bonds is 6. The Kier molecular flexibility index (Phi) is 6.35. The summed E-state index contributed by atoms with van der Waals surface area (Å²) in [5.74, 6) is -1.76. The second-order valence-electron chi connectivity index (χ2n) is 7.88. The number of benzene rings is 2. The van der Waals surface area contributed by atoms with Crippen LogP contribution < -0.4 is 0 Å². The van der Waals surface area contributed by atoms with E-state index in [-0.39, 0.29) is 23.8 Å². The SMILES string of the molecule is CCCN(CC(=O)N1CCn2cccc2C1c1cccc(F)c1)C(=O)c1ccccc1F. The molecular formula is C25H25F2N3O2. The molecule has 3 aromatic rings. The molecule has 2 aromatic carbocycles. The van der Waals surface area contributed by atoms with Crippen molar-refractivity contribution < 1.29 is 18.4 Å². The molecule has 0 saturated heterocycles. The van der Waals surface area contributed by atoms with Crippen LogP contribution in [-0.2, 0) is 11.3 Å². The van der Waals surface area contributed by atoms with Crippen molar-refractivity contribution in [1.82, 2.24) is 14.4 Å². The minimum Gasteiger partial charge on any atom is -0.348 e. The molecule has 5 nitrogen and oxygen atoms in total. The molecule has 1 aromatic heterocycles. The van der Waals surface area contributed by atoms with Crippen molar-refractivity contribution >= 4 is 11.8 Å². The lowest BCUT2D eigenvalue weighted by atomic mass is 9.99. The Morgan fingerprint density at radius 2 is 1.84 bits per heavy atom. The van der Waals surface area contributed by atoms with E-state index in [1.54, 1.807) is 23.1 Å². The Labute approximate surface area is 185 Å². The van der Waals surface area contributed by atoms with Gasteiger partial charge in [-0.15, -0.1) is 0 Å². The van der Waals surface area contributed by atoms with Crippen molar-refractivity contribution in [2.24, 2.45) is 0 Å². The maximum Gasteiger partial charge on any atom is 0.257 e. The number of aromatic nitrogens is 1. The molecular weight excluding hydrogens is 412 g/mol. The predicted molar refractivity (Wildman–Crippen MR) is 117 cm³/mol. The average Bonchev–Trinajstić information content (AvgIpc) is 3.27. The molecule has 1 atom stereocenters. The first-order valence-electron chi connectivity index (χ1n) is 10.7. The highest BCUT2D eigenvalue weighted by atomic mass is 19.1. The molecule has 2 heterocycles. The van der Waals surface area contributed by atoms with Gasteiger partial charge in [0.25, 0.3) is 5.91 Å². The number of nitrogens with zero attached hydrogens (tertiary/aromatic N) is 3. The van der Waals surface area contributed by atoms with Crippen LogP contribution in [0.4, 0.5) is 8.78 Å². The lowest BCUT2D eigenvalue weighted by Gasteiger charge is -2.38. The third kappa shape index (κ3) is 4.28. The van der Waals surface area contributed by atoms with Crippen molar-refractivity contribution in [1.29, 1.82) is 0 Å². The van der Waals surface area contributed by atoms with Gasteiger partial charge in [0.05, 0.1) is 11.6 Å². The van der Waals surface area contributed by atoms with Gasteiger partial charge in [-0.1, -0.05) is 31.2 Å². The van der Waals surface area contributed by atoms with E-state index < -0.39 is 17.8 Å². The molecule has 7 heteroatoms. The lowest BCUT2D eigenvalue weighted by Crippen LogP contribution is -2.48. The topological polar surface area (TPSA) is 45.6 Å². The molecule has 1 aliphatic heterocycles. The van der Waals surface area contributed by atoms with E-state index in [4.69, 9.17) is 0 Å². The van der Waals surface area contributed by atoms with Crippen LogP contribution >= 0.6 is 0 Å². The van der Waals surface area contributed by atoms with Crippen LogP contribution in [-0.4, -0.2) is 45.8 Å².